The lowest BCUT2D eigenvalue weighted by atomic mass is 9.86. The van der Waals surface area contributed by atoms with Crippen molar-refractivity contribution in [3.8, 4) is 0 Å². The zero-order chi connectivity index (χ0) is 8.01. The molecule has 2 saturated heterocycles. The Hall–Kier alpha value is -0.160. The van der Waals surface area contributed by atoms with Gasteiger partial charge in [0.15, 0.2) is 0 Å². The second kappa shape index (κ2) is 2.42. The van der Waals surface area contributed by atoms with Gasteiger partial charge in [0.05, 0.1) is 12.2 Å². The van der Waals surface area contributed by atoms with Crippen LogP contribution in [0.2, 0.25) is 0 Å². The first-order valence-corrected chi connectivity index (χ1v) is 3.97. The zero-order valence-corrected chi connectivity index (χ0v) is 6.14. The molecule has 5 atom stereocenters. The van der Waals surface area contributed by atoms with Crippen LogP contribution in [0.5, 0.6) is 0 Å². The SMILES string of the molecule is OC[C@H]1C[C@@H]2N[C@H]1[C@H](O)[C@@H]2O. The van der Waals surface area contributed by atoms with Gasteiger partial charge in [-0.15, -0.1) is 0 Å². The fraction of sp³-hybridized carbons (Fsp3) is 1.00. The van der Waals surface area contributed by atoms with Crippen LogP contribution in [0.4, 0.5) is 0 Å². The van der Waals surface area contributed by atoms with Gasteiger partial charge in [-0.1, -0.05) is 0 Å². The van der Waals surface area contributed by atoms with Crippen molar-refractivity contribution in [3.05, 3.63) is 0 Å². The minimum Gasteiger partial charge on any atom is -0.396 e. The maximum atomic E-state index is 9.37. The second-order valence-electron chi connectivity index (χ2n) is 3.46. The lowest BCUT2D eigenvalue weighted by Crippen LogP contribution is -2.42. The van der Waals surface area contributed by atoms with Gasteiger partial charge in [-0.3, -0.25) is 0 Å². The summed E-state index contributed by atoms with van der Waals surface area (Å²) in [6.07, 6.45) is -0.548. The van der Waals surface area contributed by atoms with E-state index in [0.29, 0.717) is 0 Å². The van der Waals surface area contributed by atoms with E-state index in [1.165, 1.54) is 0 Å². The van der Waals surface area contributed by atoms with Crippen LogP contribution in [-0.2, 0) is 0 Å². The van der Waals surface area contributed by atoms with Crippen molar-refractivity contribution in [2.75, 3.05) is 6.61 Å². The molecule has 2 rings (SSSR count). The highest BCUT2D eigenvalue weighted by molar-refractivity contribution is 5.08. The first-order chi connectivity index (χ1) is 5.24. The van der Waals surface area contributed by atoms with Crippen molar-refractivity contribution in [1.29, 1.82) is 0 Å². The van der Waals surface area contributed by atoms with Crippen LogP contribution in [0.1, 0.15) is 6.42 Å². The molecule has 11 heavy (non-hydrogen) atoms. The average Bonchev–Trinajstić information content (AvgIpc) is 2.53. The molecule has 2 fully saturated rings. The Kier molecular flexibility index (Phi) is 1.64. The third kappa shape index (κ3) is 0.906. The van der Waals surface area contributed by atoms with E-state index in [-0.39, 0.29) is 24.6 Å². The lowest BCUT2D eigenvalue weighted by molar-refractivity contribution is -0.01000. The number of hydrogen-bond acceptors (Lipinski definition) is 4. The van der Waals surface area contributed by atoms with Crippen molar-refractivity contribution >= 4 is 0 Å². The van der Waals surface area contributed by atoms with E-state index >= 15 is 0 Å². The van der Waals surface area contributed by atoms with E-state index in [9.17, 15) is 10.2 Å². The van der Waals surface area contributed by atoms with Gasteiger partial charge in [-0.2, -0.15) is 0 Å². The number of nitrogens with one attached hydrogen (secondary N) is 1. The zero-order valence-electron chi connectivity index (χ0n) is 6.14. The van der Waals surface area contributed by atoms with Crippen LogP contribution < -0.4 is 5.32 Å². The normalized spacial score (nSPS) is 55.4. The Bertz CT molecular complexity index is 158. The molecule has 0 aliphatic carbocycles. The molecule has 2 bridgehead atoms. The van der Waals surface area contributed by atoms with E-state index in [2.05, 4.69) is 5.32 Å². The molecule has 2 heterocycles. The topological polar surface area (TPSA) is 72.7 Å². The molecule has 0 aromatic carbocycles. The van der Waals surface area contributed by atoms with Gasteiger partial charge < -0.3 is 20.6 Å². The summed E-state index contributed by atoms with van der Waals surface area (Å²) in [5.74, 6) is 0.124. The van der Waals surface area contributed by atoms with Gasteiger partial charge in [0.25, 0.3) is 0 Å². The monoisotopic (exact) mass is 159 g/mol. The highest BCUT2D eigenvalue weighted by Gasteiger charge is 2.50. The summed E-state index contributed by atoms with van der Waals surface area (Å²) in [7, 11) is 0. The Morgan fingerprint density at radius 3 is 2.45 bits per heavy atom. The van der Waals surface area contributed by atoms with E-state index < -0.39 is 12.2 Å². The minimum absolute atomic E-state index is 0.00727. The highest BCUT2D eigenvalue weighted by atomic mass is 16.3. The highest BCUT2D eigenvalue weighted by Crippen LogP contribution is 2.33. The lowest BCUT2D eigenvalue weighted by Gasteiger charge is -2.26. The van der Waals surface area contributed by atoms with E-state index in [1.807, 2.05) is 0 Å². The van der Waals surface area contributed by atoms with Crippen molar-refractivity contribution < 1.29 is 15.3 Å². The number of aliphatic hydroxyl groups is 3. The van der Waals surface area contributed by atoms with Crippen molar-refractivity contribution in [2.24, 2.45) is 5.92 Å². The summed E-state index contributed by atoms with van der Waals surface area (Å²) in [6, 6.07) is -0.104. The van der Waals surface area contributed by atoms with Crippen LogP contribution in [0, 0.1) is 5.92 Å². The van der Waals surface area contributed by atoms with Crippen LogP contribution in [-0.4, -0.2) is 46.2 Å². The number of fused-ring (bicyclic) bond motifs is 2. The van der Waals surface area contributed by atoms with E-state index in [0.717, 1.165) is 6.42 Å². The molecular formula is C7H13NO3. The molecule has 0 aromatic heterocycles. The molecule has 0 radical (unpaired) electrons. The van der Waals surface area contributed by atoms with E-state index in [1.54, 1.807) is 0 Å². The summed E-state index contributed by atoms with van der Waals surface area (Å²) in [4.78, 5) is 0. The van der Waals surface area contributed by atoms with Crippen molar-refractivity contribution in [3.63, 3.8) is 0 Å². The van der Waals surface area contributed by atoms with Crippen molar-refractivity contribution in [1.82, 2.24) is 5.32 Å². The average molecular weight is 159 g/mol. The van der Waals surface area contributed by atoms with Crippen LogP contribution in [0.3, 0.4) is 0 Å². The maximum Gasteiger partial charge on any atom is 0.0970 e. The molecule has 0 spiro atoms. The second-order valence-corrected chi connectivity index (χ2v) is 3.46. The van der Waals surface area contributed by atoms with Gasteiger partial charge in [0.1, 0.15) is 0 Å². The molecule has 4 nitrogen and oxygen atoms in total. The molecule has 0 amide bonds. The third-order valence-electron chi connectivity index (χ3n) is 2.84. The van der Waals surface area contributed by atoms with Crippen molar-refractivity contribution in [2.45, 2.75) is 30.7 Å². The Morgan fingerprint density at radius 1 is 1.27 bits per heavy atom. The van der Waals surface area contributed by atoms with Crippen LogP contribution in [0.25, 0.3) is 0 Å². The first kappa shape index (κ1) is 7.49. The molecule has 4 N–H and O–H groups in total. The van der Waals surface area contributed by atoms with E-state index in [4.69, 9.17) is 5.11 Å². The number of aliphatic hydroxyl groups excluding tert-OH is 3. The van der Waals surface area contributed by atoms with Gasteiger partial charge in [0.2, 0.25) is 0 Å². The Balaban J connectivity index is 2.10. The number of rotatable bonds is 1. The largest absolute Gasteiger partial charge is 0.396 e. The van der Waals surface area contributed by atoms with Gasteiger partial charge >= 0.3 is 0 Å². The first-order valence-electron chi connectivity index (χ1n) is 3.97. The molecule has 2 aliphatic rings. The summed E-state index contributed by atoms with van der Waals surface area (Å²) in [5.41, 5.74) is 0. The summed E-state index contributed by atoms with van der Waals surface area (Å²) < 4.78 is 0. The molecular weight excluding hydrogens is 146 g/mol. The van der Waals surface area contributed by atoms with Crippen LogP contribution in [0.15, 0.2) is 0 Å². The van der Waals surface area contributed by atoms with Gasteiger partial charge in [0, 0.05) is 24.6 Å². The summed E-state index contributed by atoms with van der Waals surface area (Å²) in [6.45, 7) is 0.0952. The van der Waals surface area contributed by atoms with Crippen LogP contribution >= 0.6 is 0 Å². The molecule has 64 valence electrons. The smallest absolute Gasteiger partial charge is 0.0970 e. The number of hydrogen-bond donors (Lipinski definition) is 4. The standard InChI is InChI=1S/C7H13NO3/c9-2-3-1-4-6(10)7(11)5(3)8-4/h3-11H,1-2H2/t3-,4+,5-,6-,7+/m1/s1. The molecule has 2 aliphatic heterocycles. The molecule has 0 aromatic rings. The molecule has 0 unspecified atom stereocenters. The predicted octanol–water partition coefficient (Wildman–Crippen LogP) is -1.94. The maximum absolute atomic E-state index is 9.37. The summed E-state index contributed by atoms with van der Waals surface area (Å²) in [5, 5.41) is 30.6. The quantitative estimate of drug-likeness (QED) is 0.359. The fourth-order valence-corrected chi connectivity index (χ4v) is 2.18. The Morgan fingerprint density at radius 2 is 2.00 bits per heavy atom. The van der Waals surface area contributed by atoms with Gasteiger partial charge in [-0.25, -0.2) is 0 Å². The minimum atomic E-state index is -0.689. The van der Waals surface area contributed by atoms with Gasteiger partial charge in [-0.05, 0) is 6.42 Å². The Labute approximate surface area is 64.8 Å². The summed E-state index contributed by atoms with van der Waals surface area (Å²) >= 11 is 0. The fourth-order valence-electron chi connectivity index (χ4n) is 2.18. The molecule has 0 saturated carbocycles. The molecule has 4 heteroatoms. The third-order valence-corrected chi connectivity index (χ3v) is 2.84. The predicted molar refractivity (Wildman–Crippen MR) is 37.9 cm³/mol.